The van der Waals surface area contributed by atoms with Gasteiger partial charge in [0.15, 0.2) is 0 Å². The van der Waals surface area contributed by atoms with Crippen molar-refractivity contribution in [3.8, 4) is 0 Å². The second-order valence-electron chi connectivity index (χ2n) is 4.38. The molecule has 0 bridgehead atoms. The Bertz CT molecular complexity index is 191. The van der Waals surface area contributed by atoms with E-state index in [0.717, 1.165) is 18.1 Å². The van der Waals surface area contributed by atoms with Gasteiger partial charge in [-0.3, -0.25) is 4.79 Å². The van der Waals surface area contributed by atoms with E-state index in [1.807, 2.05) is 10.8 Å². The molecule has 0 aromatic rings. The molecule has 1 rings (SSSR count). The summed E-state index contributed by atoms with van der Waals surface area (Å²) >= 11 is 0. The monoisotopic (exact) mass is 262 g/mol. The number of aliphatic carboxylic acids is 1. The molecular formula is C12H22O2S2. The highest BCUT2D eigenvalue weighted by Gasteiger charge is 2.15. The molecule has 0 aromatic heterocycles. The summed E-state index contributed by atoms with van der Waals surface area (Å²) in [5, 5.41) is 9.39. The van der Waals surface area contributed by atoms with Crippen LogP contribution in [0.3, 0.4) is 0 Å². The summed E-state index contributed by atoms with van der Waals surface area (Å²) in [7, 11) is 4.09. The fraction of sp³-hybridized carbons (Fsp3) is 0.917. The largest absolute Gasteiger partial charge is 0.481 e. The molecule has 4 heteroatoms. The van der Waals surface area contributed by atoms with Crippen LogP contribution in [0.4, 0.5) is 0 Å². The van der Waals surface area contributed by atoms with Gasteiger partial charge in [-0.15, -0.1) is 0 Å². The van der Waals surface area contributed by atoms with E-state index in [1.54, 1.807) is 0 Å². The fourth-order valence-corrected chi connectivity index (χ4v) is 4.95. The quantitative estimate of drug-likeness (QED) is 0.495. The highest BCUT2D eigenvalue weighted by Crippen LogP contribution is 2.39. The molecule has 1 aliphatic heterocycles. The third-order valence-corrected chi connectivity index (χ3v) is 5.90. The van der Waals surface area contributed by atoms with Gasteiger partial charge in [0, 0.05) is 17.4 Å². The van der Waals surface area contributed by atoms with Crippen molar-refractivity contribution in [2.45, 2.75) is 63.0 Å². The number of unbranched alkanes of at least 4 members (excludes halogenated alkanes) is 5. The van der Waals surface area contributed by atoms with Gasteiger partial charge >= 0.3 is 5.97 Å². The Balaban J connectivity index is 1.76. The van der Waals surface area contributed by atoms with Crippen LogP contribution in [0.2, 0.25) is 0 Å². The molecule has 1 aliphatic rings. The first-order valence-electron chi connectivity index (χ1n) is 6.29. The van der Waals surface area contributed by atoms with Crippen molar-refractivity contribution < 1.29 is 9.90 Å². The topological polar surface area (TPSA) is 37.3 Å². The Morgan fingerprint density at radius 3 is 2.44 bits per heavy atom. The molecule has 2 nitrogen and oxygen atoms in total. The summed E-state index contributed by atoms with van der Waals surface area (Å²) in [5.74, 6) is 0.681. The Morgan fingerprint density at radius 1 is 1.12 bits per heavy atom. The molecule has 0 radical (unpaired) electrons. The van der Waals surface area contributed by atoms with Gasteiger partial charge in [0.25, 0.3) is 0 Å². The molecule has 1 atom stereocenters. The second-order valence-corrected chi connectivity index (χ2v) is 7.17. The Morgan fingerprint density at radius 2 is 1.81 bits per heavy atom. The van der Waals surface area contributed by atoms with Crippen LogP contribution < -0.4 is 0 Å². The molecule has 1 fully saturated rings. The first-order valence-corrected chi connectivity index (χ1v) is 8.67. The van der Waals surface area contributed by atoms with Crippen LogP contribution in [0.15, 0.2) is 0 Å². The van der Waals surface area contributed by atoms with Gasteiger partial charge in [0.2, 0.25) is 0 Å². The van der Waals surface area contributed by atoms with Crippen LogP contribution in [0.5, 0.6) is 0 Å². The summed E-state index contributed by atoms with van der Waals surface area (Å²) in [6, 6.07) is 0. The van der Waals surface area contributed by atoms with Crippen LogP contribution in [0, 0.1) is 0 Å². The number of carboxylic acids is 1. The maximum Gasteiger partial charge on any atom is 0.303 e. The minimum absolute atomic E-state index is 0.343. The van der Waals surface area contributed by atoms with Crippen molar-refractivity contribution in [2.75, 3.05) is 5.75 Å². The Labute approximate surface area is 106 Å². The Hall–Kier alpha value is 0.170. The van der Waals surface area contributed by atoms with E-state index in [4.69, 9.17) is 5.11 Å². The summed E-state index contributed by atoms with van der Waals surface area (Å²) in [5.41, 5.74) is 0. The van der Waals surface area contributed by atoms with Crippen LogP contribution >= 0.6 is 21.6 Å². The maximum atomic E-state index is 10.3. The molecule has 1 heterocycles. The lowest BCUT2D eigenvalue weighted by molar-refractivity contribution is -0.137. The number of hydrogen-bond acceptors (Lipinski definition) is 3. The molecule has 0 amide bonds. The maximum absolute atomic E-state index is 10.3. The smallest absolute Gasteiger partial charge is 0.303 e. The van der Waals surface area contributed by atoms with E-state index in [1.165, 1.54) is 44.3 Å². The Kier molecular flexibility index (Phi) is 8.21. The highest BCUT2D eigenvalue weighted by atomic mass is 33.1. The zero-order valence-corrected chi connectivity index (χ0v) is 11.5. The zero-order valence-electron chi connectivity index (χ0n) is 9.82. The van der Waals surface area contributed by atoms with Gasteiger partial charge in [-0.25, -0.2) is 0 Å². The molecule has 16 heavy (non-hydrogen) atoms. The van der Waals surface area contributed by atoms with E-state index in [9.17, 15) is 4.79 Å². The van der Waals surface area contributed by atoms with E-state index < -0.39 is 5.97 Å². The number of hydrogen-bond donors (Lipinski definition) is 1. The summed E-state index contributed by atoms with van der Waals surface area (Å²) < 4.78 is 0. The van der Waals surface area contributed by atoms with Gasteiger partial charge in [-0.05, 0) is 19.3 Å². The zero-order chi connectivity index (χ0) is 11.6. The number of carboxylic acid groups (broad SMARTS) is 1. The first-order chi connectivity index (χ1) is 7.79. The molecule has 1 saturated heterocycles. The van der Waals surface area contributed by atoms with Crippen molar-refractivity contribution in [1.82, 2.24) is 0 Å². The summed E-state index contributed by atoms with van der Waals surface area (Å²) in [6.07, 6.45) is 10.2. The van der Waals surface area contributed by atoms with Crippen LogP contribution in [0.25, 0.3) is 0 Å². The number of carbonyl (C=O) groups is 1. The van der Waals surface area contributed by atoms with E-state index in [2.05, 4.69) is 10.8 Å². The van der Waals surface area contributed by atoms with Crippen molar-refractivity contribution in [2.24, 2.45) is 0 Å². The summed E-state index contributed by atoms with van der Waals surface area (Å²) in [6.45, 7) is 0. The van der Waals surface area contributed by atoms with E-state index >= 15 is 0 Å². The predicted molar refractivity (Wildman–Crippen MR) is 73.0 cm³/mol. The van der Waals surface area contributed by atoms with Crippen molar-refractivity contribution in [3.63, 3.8) is 0 Å². The van der Waals surface area contributed by atoms with Crippen molar-refractivity contribution in [1.29, 1.82) is 0 Å². The van der Waals surface area contributed by atoms with Crippen LogP contribution in [0.1, 0.15) is 57.8 Å². The second kappa shape index (κ2) is 9.23. The van der Waals surface area contributed by atoms with Gasteiger partial charge in [-0.1, -0.05) is 53.7 Å². The SMILES string of the molecule is O=C(O)CCCCCCCCC1CCSS1. The molecule has 0 aromatic carbocycles. The highest BCUT2D eigenvalue weighted by molar-refractivity contribution is 8.77. The van der Waals surface area contributed by atoms with Crippen molar-refractivity contribution in [3.05, 3.63) is 0 Å². The first kappa shape index (κ1) is 14.2. The van der Waals surface area contributed by atoms with E-state index in [0.29, 0.717) is 6.42 Å². The lowest BCUT2D eigenvalue weighted by Gasteiger charge is -2.06. The minimum Gasteiger partial charge on any atom is -0.481 e. The molecule has 94 valence electrons. The normalized spacial score (nSPS) is 20.1. The van der Waals surface area contributed by atoms with Gasteiger partial charge in [0.1, 0.15) is 0 Å². The standard InChI is InChI=1S/C12H22O2S2/c13-12(14)8-6-4-2-1-3-5-7-11-9-10-15-16-11/h11H,1-10H2,(H,13,14). The van der Waals surface area contributed by atoms with Gasteiger partial charge in [-0.2, -0.15) is 0 Å². The minimum atomic E-state index is -0.657. The fourth-order valence-electron chi connectivity index (χ4n) is 1.92. The molecular weight excluding hydrogens is 240 g/mol. The van der Waals surface area contributed by atoms with Crippen LogP contribution in [-0.4, -0.2) is 22.1 Å². The lowest BCUT2D eigenvalue weighted by Crippen LogP contribution is -1.96. The third-order valence-electron chi connectivity index (χ3n) is 2.89. The van der Waals surface area contributed by atoms with Crippen molar-refractivity contribution >= 4 is 27.6 Å². The molecule has 1 N–H and O–H groups in total. The van der Waals surface area contributed by atoms with Gasteiger partial charge in [0.05, 0.1) is 0 Å². The predicted octanol–water partition coefficient (Wildman–Crippen LogP) is 4.35. The van der Waals surface area contributed by atoms with E-state index in [-0.39, 0.29) is 0 Å². The van der Waals surface area contributed by atoms with Gasteiger partial charge < -0.3 is 5.11 Å². The average molecular weight is 262 g/mol. The average Bonchev–Trinajstić information content (AvgIpc) is 2.74. The molecule has 1 unspecified atom stereocenters. The third kappa shape index (κ3) is 7.44. The number of rotatable bonds is 9. The molecule has 0 saturated carbocycles. The molecule has 0 spiro atoms. The summed E-state index contributed by atoms with van der Waals surface area (Å²) in [4.78, 5) is 10.3. The molecule has 0 aliphatic carbocycles. The lowest BCUT2D eigenvalue weighted by atomic mass is 10.1. The van der Waals surface area contributed by atoms with Crippen LogP contribution in [-0.2, 0) is 4.79 Å².